The maximum absolute atomic E-state index is 10.7. The van der Waals surface area contributed by atoms with Crippen LogP contribution in [0.25, 0.3) is 10.8 Å². The third kappa shape index (κ3) is 5.04. The molecule has 3 rings (SSSR count). The van der Waals surface area contributed by atoms with Crippen LogP contribution < -0.4 is 9.46 Å². The molecular weight excluding hydrogens is 348 g/mol. The second kappa shape index (κ2) is 9.13. The van der Waals surface area contributed by atoms with Crippen molar-refractivity contribution >= 4 is 22.0 Å². The maximum atomic E-state index is 10.7. The van der Waals surface area contributed by atoms with Crippen molar-refractivity contribution in [1.29, 1.82) is 5.26 Å². The molecule has 5 nitrogen and oxygen atoms in total. The van der Waals surface area contributed by atoms with E-state index in [2.05, 4.69) is 10.8 Å². The Hall–Kier alpha value is -1.94. The molecule has 138 valence electrons. The Balaban J connectivity index is 1.60. The van der Waals surface area contributed by atoms with Gasteiger partial charge in [0.2, 0.25) is 11.3 Å². The summed E-state index contributed by atoms with van der Waals surface area (Å²) < 4.78 is 28.2. The molecule has 3 atom stereocenters. The molecule has 0 aliphatic heterocycles. The van der Waals surface area contributed by atoms with Crippen LogP contribution in [0, 0.1) is 23.2 Å². The van der Waals surface area contributed by atoms with Gasteiger partial charge in [0.05, 0.1) is 18.2 Å². The number of hydrogen-bond acceptors (Lipinski definition) is 3. The standard InChI is InChI=1S/C20H24N2O3S/c21-13-15-5-6-18-12-20(8-7-17(18)11-15)25-14-19-4-2-1-3-16(19)9-10-22-26(23)24/h5-8,11-12,16,19,22H,1-4,9-10,14H2,(H,23,24). The van der Waals surface area contributed by atoms with Crippen LogP contribution in [0.15, 0.2) is 36.4 Å². The van der Waals surface area contributed by atoms with E-state index in [1.165, 1.54) is 12.8 Å². The minimum atomic E-state index is -1.93. The first-order valence-corrected chi connectivity index (χ1v) is 10.2. The van der Waals surface area contributed by atoms with Crippen LogP contribution in [-0.4, -0.2) is 21.9 Å². The molecule has 0 amide bonds. The molecular formula is C20H24N2O3S. The third-order valence-electron chi connectivity index (χ3n) is 5.21. The van der Waals surface area contributed by atoms with Crippen LogP contribution >= 0.6 is 0 Å². The number of fused-ring (bicyclic) bond motifs is 1. The van der Waals surface area contributed by atoms with Crippen molar-refractivity contribution in [3.8, 4) is 11.8 Å². The summed E-state index contributed by atoms with van der Waals surface area (Å²) in [6.45, 7) is 1.23. The van der Waals surface area contributed by atoms with Gasteiger partial charge in [-0.2, -0.15) is 5.26 Å². The number of rotatable bonds is 7. The van der Waals surface area contributed by atoms with Gasteiger partial charge in [-0.05, 0) is 59.7 Å². The third-order valence-corrected chi connectivity index (χ3v) is 5.66. The normalized spacial score (nSPS) is 21.2. The van der Waals surface area contributed by atoms with Gasteiger partial charge in [-0.1, -0.05) is 31.4 Å². The Morgan fingerprint density at radius 1 is 1.15 bits per heavy atom. The SMILES string of the molecule is N#Cc1ccc2cc(OCC3CCCCC3CCNS(=O)O)ccc2c1. The minimum Gasteiger partial charge on any atom is -0.493 e. The fourth-order valence-corrected chi connectivity index (χ4v) is 4.09. The molecule has 0 bridgehead atoms. The Bertz CT molecular complexity index is 818. The molecule has 2 N–H and O–H groups in total. The van der Waals surface area contributed by atoms with Crippen molar-refractivity contribution in [2.24, 2.45) is 11.8 Å². The van der Waals surface area contributed by atoms with Crippen molar-refractivity contribution in [2.45, 2.75) is 32.1 Å². The minimum absolute atomic E-state index is 0.481. The summed E-state index contributed by atoms with van der Waals surface area (Å²) in [5.41, 5.74) is 0.661. The number of nitrogens with zero attached hydrogens (tertiary/aromatic N) is 1. The van der Waals surface area contributed by atoms with E-state index in [1.54, 1.807) is 0 Å². The van der Waals surface area contributed by atoms with Gasteiger partial charge in [0, 0.05) is 6.54 Å². The molecule has 2 aromatic rings. The molecule has 1 saturated carbocycles. The molecule has 1 aliphatic carbocycles. The summed E-state index contributed by atoms with van der Waals surface area (Å²) >= 11 is -1.93. The lowest BCUT2D eigenvalue weighted by Gasteiger charge is -2.31. The van der Waals surface area contributed by atoms with Crippen LogP contribution in [0.3, 0.4) is 0 Å². The van der Waals surface area contributed by atoms with E-state index >= 15 is 0 Å². The number of nitrogens with one attached hydrogen (secondary N) is 1. The zero-order chi connectivity index (χ0) is 18.4. The summed E-state index contributed by atoms with van der Waals surface area (Å²) in [7, 11) is 0. The monoisotopic (exact) mass is 372 g/mol. The van der Waals surface area contributed by atoms with Crippen LogP contribution in [0.1, 0.15) is 37.7 Å². The average molecular weight is 372 g/mol. The van der Waals surface area contributed by atoms with Crippen LogP contribution in [0.2, 0.25) is 0 Å². The van der Waals surface area contributed by atoms with Gasteiger partial charge < -0.3 is 4.74 Å². The van der Waals surface area contributed by atoms with E-state index in [0.717, 1.165) is 35.8 Å². The number of nitriles is 1. The molecule has 3 unspecified atom stereocenters. The smallest absolute Gasteiger partial charge is 0.231 e. The van der Waals surface area contributed by atoms with Crippen molar-refractivity contribution < 1.29 is 13.5 Å². The van der Waals surface area contributed by atoms with E-state index in [9.17, 15) is 4.21 Å². The summed E-state index contributed by atoms with van der Waals surface area (Å²) in [6.07, 6.45) is 5.64. The van der Waals surface area contributed by atoms with E-state index in [-0.39, 0.29) is 0 Å². The Kier molecular flexibility index (Phi) is 6.62. The largest absolute Gasteiger partial charge is 0.493 e. The summed E-state index contributed by atoms with van der Waals surface area (Å²) in [5.74, 6) is 1.86. The zero-order valence-corrected chi connectivity index (χ0v) is 15.5. The molecule has 0 radical (unpaired) electrons. The molecule has 26 heavy (non-hydrogen) atoms. The highest BCUT2D eigenvalue weighted by atomic mass is 32.2. The molecule has 2 aromatic carbocycles. The molecule has 1 aliphatic rings. The summed E-state index contributed by atoms with van der Waals surface area (Å²) in [5, 5.41) is 11.1. The predicted molar refractivity (Wildman–Crippen MR) is 103 cm³/mol. The van der Waals surface area contributed by atoms with Crippen molar-refractivity contribution in [3.63, 3.8) is 0 Å². The van der Waals surface area contributed by atoms with E-state index < -0.39 is 11.3 Å². The fourth-order valence-electron chi connectivity index (χ4n) is 3.80. The van der Waals surface area contributed by atoms with E-state index in [1.807, 2.05) is 36.4 Å². The first-order valence-electron chi connectivity index (χ1n) is 9.07. The lowest BCUT2D eigenvalue weighted by atomic mass is 9.78. The number of hydrogen-bond donors (Lipinski definition) is 2. The lowest BCUT2D eigenvalue weighted by Crippen LogP contribution is -2.29. The van der Waals surface area contributed by atoms with Crippen LogP contribution in [0.5, 0.6) is 5.75 Å². The van der Waals surface area contributed by atoms with Gasteiger partial charge in [0.25, 0.3) is 0 Å². The van der Waals surface area contributed by atoms with Gasteiger partial charge in [-0.3, -0.25) is 4.55 Å². The van der Waals surface area contributed by atoms with E-state index in [4.69, 9.17) is 14.6 Å². The zero-order valence-electron chi connectivity index (χ0n) is 14.7. The highest BCUT2D eigenvalue weighted by Gasteiger charge is 2.25. The molecule has 6 heteroatoms. The average Bonchev–Trinajstić information content (AvgIpc) is 2.66. The van der Waals surface area contributed by atoms with E-state index in [0.29, 0.717) is 30.6 Å². The van der Waals surface area contributed by atoms with Gasteiger partial charge in [0.15, 0.2) is 0 Å². The predicted octanol–water partition coefficient (Wildman–Crippen LogP) is 4.01. The molecule has 0 aromatic heterocycles. The van der Waals surface area contributed by atoms with Crippen molar-refractivity contribution in [1.82, 2.24) is 4.72 Å². The quantitative estimate of drug-likeness (QED) is 0.719. The number of benzene rings is 2. The van der Waals surface area contributed by atoms with Crippen molar-refractivity contribution in [3.05, 3.63) is 42.0 Å². The van der Waals surface area contributed by atoms with Gasteiger partial charge in [-0.15, -0.1) is 0 Å². The van der Waals surface area contributed by atoms with Crippen molar-refractivity contribution in [2.75, 3.05) is 13.2 Å². The summed E-state index contributed by atoms with van der Waals surface area (Å²) in [4.78, 5) is 0. The first kappa shape index (κ1) is 18.8. The maximum Gasteiger partial charge on any atom is 0.231 e. The van der Waals surface area contributed by atoms with Gasteiger partial charge in [0.1, 0.15) is 5.75 Å². The summed E-state index contributed by atoms with van der Waals surface area (Å²) in [6, 6.07) is 13.8. The van der Waals surface area contributed by atoms with Gasteiger partial charge in [-0.25, -0.2) is 8.93 Å². The number of ether oxygens (including phenoxy) is 1. The highest BCUT2D eigenvalue weighted by molar-refractivity contribution is 7.77. The Labute approximate surface area is 156 Å². The van der Waals surface area contributed by atoms with Gasteiger partial charge >= 0.3 is 0 Å². The molecule has 0 heterocycles. The van der Waals surface area contributed by atoms with Crippen LogP contribution in [0.4, 0.5) is 0 Å². The molecule has 0 saturated heterocycles. The second-order valence-corrected chi connectivity index (χ2v) is 7.67. The first-order chi connectivity index (χ1) is 12.7. The lowest BCUT2D eigenvalue weighted by molar-refractivity contribution is 0.143. The Morgan fingerprint density at radius 3 is 2.65 bits per heavy atom. The highest BCUT2D eigenvalue weighted by Crippen LogP contribution is 2.33. The second-order valence-electron chi connectivity index (χ2n) is 6.88. The van der Waals surface area contributed by atoms with Crippen LogP contribution in [-0.2, 0) is 11.3 Å². The Morgan fingerprint density at radius 2 is 1.88 bits per heavy atom. The molecule has 0 spiro atoms. The molecule has 1 fully saturated rings. The topological polar surface area (TPSA) is 82.3 Å². The fraction of sp³-hybridized carbons (Fsp3) is 0.450.